The number of hydrogen-bond donors (Lipinski definition) is 0. The van der Waals surface area contributed by atoms with Gasteiger partial charge >= 0.3 is 0 Å². The Morgan fingerprint density at radius 2 is 1.64 bits per heavy atom. The Morgan fingerprint density at radius 1 is 1.18 bits per heavy atom. The maximum absolute atomic E-state index is 3.54. The monoisotopic (exact) mass is 212 g/mol. The van der Waals surface area contributed by atoms with Gasteiger partial charge in [-0.1, -0.05) is 35.0 Å². The van der Waals surface area contributed by atoms with E-state index in [9.17, 15) is 0 Å². The molecule has 0 saturated carbocycles. The van der Waals surface area contributed by atoms with Crippen LogP contribution in [-0.4, -0.2) is 0 Å². The summed E-state index contributed by atoms with van der Waals surface area (Å²) in [5.41, 5.74) is 4.09. The summed E-state index contributed by atoms with van der Waals surface area (Å²) in [4.78, 5) is 0. The Kier molecular flexibility index (Phi) is 2.72. The molecule has 0 bridgehead atoms. The normalized spacial score (nSPS) is 10.2. The predicted octanol–water partition coefficient (Wildman–Crippen LogP) is 3.63. The van der Waals surface area contributed by atoms with Gasteiger partial charge in [-0.3, -0.25) is 0 Å². The summed E-state index contributed by atoms with van der Waals surface area (Å²) in [7, 11) is 0. The fourth-order valence-corrected chi connectivity index (χ4v) is 1.47. The topological polar surface area (TPSA) is 0 Å². The highest BCUT2D eigenvalue weighted by Crippen LogP contribution is 2.22. The zero-order valence-corrected chi connectivity index (χ0v) is 8.83. The molecule has 0 fully saturated rings. The molecule has 0 radical (unpaired) electrons. The van der Waals surface area contributed by atoms with Crippen LogP contribution in [0, 0.1) is 13.8 Å². The molecule has 0 N–H and O–H groups in total. The minimum Gasteiger partial charge on any atom is -0.0613 e. The molecule has 1 aromatic carbocycles. The van der Waals surface area contributed by atoms with Crippen molar-refractivity contribution in [3.63, 3.8) is 0 Å². The minimum atomic E-state index is 1.12. The Labute approximate surface area is 76.8 Å². The van der Waals surface area contributed by atoms with Crippen LogP contribution in [0.3, 0.4) is 0 Å². The van der Waals surface area contributed by atoms with E-state index in [1.54, 1.807) is 0 Å². The van der Waals surface area contributed by atoms with Crippen molar-refractivity contribution in [2.24, 2.45) is 0 Å². The molecular weight excluding hydrogens is 200 g/mol. The van der Waals surface area contributed by atoms with Crippen LogP contribution in [-0.2, 0) is 6.42 Å². The SMILES string of the molecule is CCc1cc(C)c(Br)c(C)c1. The summed E-state index contributed by atoms with van der Waals surface area (Å²) >= 11 is 3.54. The van der Waals surface area contributed by atoms with Crippen molar-refractivity contribution in [2.75, 3.05) is 0 Å². The molecule has 0 aliphatic rings. The molecule has 0 nitrogen and oxygen atoms in total. The van der Waals surface area contributed by atoms with E-state index in [0.717, 1.165) is 6.42 Å². The van der Waals surface area contributed by atoms with Gasteiger partial charge in [0.2, 0.25) is 0 Å². The zero-order valence-electron chi connectivity index (χ0n) is 7.24. The Bertz CT molecular complexity index is 241. The van der Waals surface area contributed by atoms with Crippen molar-refractivity contribution in [3.8, 4) is 0 Å². The zero-order chi connectivity index (χ0) is 8.43. The van der Waals surface area contributed by atoms with Crippen LogP contribution in [0.2, 0.25) is 0 Å². The van der Waals surface area contributed by atoms with E-state index in [0.29, 0.717) is 0 Å². The molecule has 11 heavy (non-hydrogen) atoms. The van der Waals surface area contributed by atoms with Crippen LogP contribution in [0.1, 0.15) is 23.6 Å². The average Bonchev–Trinajstić information content (AvgIpc) is 1.99. The van der Waals surface area contributed by atoms with Crippen molar-refractivity contribution >= 4 is 15.9 Å². The number of halogens is 1. The van der Waals surface area contributed by atoms with Gasteiger partial charge in [-0.05, 0) is 37.0 Å². The van der Waals surface area contributed by atoms with E-state index in [-0.39, 0.29) is 0 Å². The molecule has 1 heteroatoms. The van der Waals surface area contributed by atoms with Crippen LogP contribution in [0.25, 0.3) is 0 Å². The first-order valence-electron chi connectivity index (χ1n) is 3.90. The highest BCUT2D eigenvalue weighted by molar-refractivity contribution is 9.10. The third kappa shape index (κ3) is 1.84. The molecule has 1 rings (SSSR count). The first-order chi connectivity index (χ1) is 5.15. The molecule has 0 spiro atoms. The maximum atomic E-state index is 3.54. The highest BCUT2D eigenvalue weighted by atomic mass is 79.9. The van der Waals surface area contributed by atoms with Crippen molar-refractivity contribution in [2.45, 2.75) is 27.2 Å². The Hall–Kier alpha value is -0.300. The molecule has 0 heterocycles. The van der Waals surface area contributed by atoms with E-state index >= 15 is 0 Å². The number of aryl methyl sites for hydroxylation is 3. The third-order valence-corrected chi connectivity index (χ3v) is 3.16. The molecule has 0 amide bonds. The van der Waals surface area contributed by atoms with Crippen LogP contribution in [0.15, 0.2) is 16.6 Å². The van der Waals surface area contributed by atoms with Crippen molar-refractivity contribution in [1.29, 1.82) is 0 Å². The molecule has 0 aromatic heterocycles. The minimum absolute atomic E-state index is 1.12. The van der Waals surface area contributed by atoms with E-state index in [4.69, 9.17) is 0 Å². The van der Waals surface area contributed by atoms with Gasteiger partial charge in [0.25, 0.3) is 0 Å². The van der Waals surface area contributed by atoms with Crippen molar-refractivity contribution in [3.05, 3.63) is 33.3 Å². The number of hydrogen-bond acceptors (Lipinski definition) is 0. The molecule has 60 valence electrons. The lowest BCUT2D eigenvalue weighted by Crippen LogP contribution is -1.86. The smallest absolute Gasteiger partial charge is 0.0233 e. The van der Waals surface area contributed by atoms with Gasteiger partial charge in [0.1, 0.15) is 0 Å². The Balaban J connectivity index is 3.21. The fourth-order valence-electron chi connectivity index (χ4n) is 1.24. The number of rotatable bonds is 1. The van der Waals surface area contributed by atoms with Crippen LogP contribution in [0.5, 0.6) is 0 Å². The van der Waals surface area contributed by atoms with Crippen LogP contribution < -0.4 is 0 Å². The van der Waals surface area contributed by atoms with Crippen molar-refractivity contribution in [1.82, 2.24) is 0 Å². The van der Waals surface area contributed by atoms with E-state index in [1.165, 1.54) is 21.2 Å². The molecule has 0 aliphatic carbocycles. The quantitative estimate of drug-likeness (QED) is 0.668. The predicted molar refractivity (Wildman–Crippen MR) is 53.0 cm³/mol. The summed E-state index contributed by atoms with van der Waals surface area (Å²) in [5, 5.41) is 0. The van der Waals surface area contributed by atoms with Gasteiger partial charge in [-0.15, -0.1) is 0 Å². The second-order valence-corrected chi connectivity index (χ2v) is 3.69. The molecule has 1 aromatic rings. The molecular formula is C10H13Br. The number of benzene rings is 1. The summed E-state index contributed by atoms with van der Waals surface area (Å²) in [6.45, 7) is 6.45. The largest absolute Gasteiger partial charge is 0.0613 e. The first kappa shape index (κ1) is 8.79. The van der Waals surface area contributed by atoms with Gasteiger partial charge in [0.05, 0.1) is 0 Å². The first-order valence-corrected chi connectivity index (χ1v) is 4.70. The molecule has 0 unspecified atom stereocenters. The summed E-state index contributed by atoms with van der Waals surface area (Å²) in [6.07, 6.45) is 1.12. The molecule has 0 saturated heterocycles. The second-order valence-electron chi connectivity index (χ2n) is 2.90. The maximum Gasteiger partial charge on any atom is 0.0233 e. The van der Waals surface area contributed by atoms with E-state index in [1.807, 2.05) is 0 Å². The van der Waals surface area contributed by atoms with Crippen LogP contribution in [0.4, 0.5) is 0 Å². The van der Waals surface area contributed by atoms with Crippen molar-refractivity contribution < 1.29 is 0 Å². The highest BCUT2D eigenvalue weighted by Gasteiger charge is 1.99. The summed E-state index contributed by atoms with van der Waals surface area (Å²) in [5.74, 6) is 0. The lowest BCUT2D eigenvalue weighted by atomic mass is 10.1. The van der Waals surface area contributed by atoms with E-state index < -0.39 is 0 Å². The molecule has 0 aliphatic heterocycles. The van der Waals surface area contributed by atoms with Gasteiger partial charge in [0, 0.05) is 4.47 Å². The lowest BCUT2D eigenvalue weighted by molar-refractivity contribution is 1.12. The van der Waals surface area contributed by atoms with Gasteiger partial charge in [-0.2, -0.15) is 0 Å². The average molecular weight is 213 g/mol. The van der Waals surface area contributed by atoms with Gasteiger partial charge in [0.15, 0.2) is 0 Å². The fraction of sp³-hybridized carbons (Fsp3) is 0.400. The summed E-state index contributed by atoms with van der Waals surface area (Å²) < 4.78 is 1.25. The Morgan fingerprint density at radius 3 is 2.00 bits per heavy atom. The van der Waals surface area contributed by atoms with Crippen LogP contribution >= 0.6 is 15.9 Å². The van der Waals surface area contributed by atoms with E-state index in [2.05, 4.69) is 48.8 Å². The third-order valence-electron chi connectivity index (χ3n) is 1.90. The van der Waals surface area contributed by atoms with Gasteiger partial charge < -0.3 is 0 Å². The second kappa shape index (κ2) is 3.40. The standard InChI is InChI=1S/C10H13Br/c1-4-9-5-7(2)10(11)8(3)6-9/h5-6H,4H2,1-3H3. The van der Waals surface area contributed by atoms with Gasteiger partial charge in [-0.25, -0.2) is 0 Å². The lowest BCUT2D eigenvalue weighted by Gasteiger charge is -2.05. The molecule has 0 atom stereocenters. The summed E-state index contributed by atoms with van der Waals surface area (Å²) in [6, 6.07) is 4.47.